The third-order valence-corrected chi connectivity index (χ3v) is 1.84. The number of anilines is 1. The maximum atomic E-state index is 11.2. The molecule has 0 aliphatic heterocycles. The summed E-state index contributed by atoms with van der Waals surface area (Å²) in [6, 6.07) is 0. The summed E-state index contributed by atoms with van der Waals surface area (Å²) in [7, 11) is 3.04. The minimum atomic E-state index is -0.526. The molecule has 0 aliphatic rings. The Kier molecular flexibility index (Phi) is 3.99. The van der Waals surface area contributed by atoms with E-state index in [1.807, 2.05) is 0 Å². The quantitative estimate of drug-likeness (QED) is 0.689. The van der Waals surface area contributed by atoms with E-state index >= 15 is 0 Å². The third kappa shape index (κ3) is 2.88. The van der Waals surface area contributed by atoms with Crippen molar-refractivity contribution in [1.82, 2.24) is 9.97 Å². The number of esters is 1. The van der Waals surface area contributed by atoms with Crippen molar-refractivity contribution in [2.45, 2.75) is 0 Å². The van der Waals surface area contributed by atoms with Crippen molar-refractivity contribution in [2.24, 2.45) is 0 Å². The first-order valence-corrected chi connectivity index (χ1v) is 4.41. The van der Waals surface area contributed by atoms with Crippen molar-refractivity contribution >= 4 is 11.8 Å². The van der Waals surface area contributed by atoms with E-state index in [-0.39, 0.29) is 12.3 Å². The van der Waals surface area contributed by atoms with Crippen LogP contribution in [0.5, 0.6) is 0 Å². The van der Waals surface area contributed by atoms with E-state index in [0.717, 1.165) is 0 Å². The van der Waals surface area contributed by atoms with Crippen LogP contribution in [0.15, 0.2) is 12.4 Å². The van der Waals surface area contributed by atoms with Gasteiger partial charge in [-0.25, -0.2) is 9.78 Å². The maximum absolute atomic E-state index is 11.2. The zero-order valence-corrected chi connectivity index (χ0v) is 8.67. The molecule has 1 aromatic rings. The average molecular weight is 211 g/mol. The fourth-order valence-corrected chi connectivity index (χ4v) is 1.01. The lowest BCUT2D eigenvalue weighted by Crippen LogP contribution is -2.23. The van der Waals surface area contributed by atoms with Crippen LogP contribution in [0.4, 0.5) is 5.82 Å². The van der Waals surface area contributed by atoms with Crippen LogP contribution in [-0.2, 0) is 4.74 Å². The van der Waals surface area contributed by atoms with E-state index in [0.29, 0.717) is 12.4 Å². The molecule has 0 saturated heterocycles. The highest BCUT2D eigenvalue weighted by Gasteiger charge is 2.10. The number of nitrogens with zero attached hydrogens (tertiary/aromatic N) is 3. The van der Waals surface area contributed by atoms with E-state index in [4.69, 9.17) is 5.11 Å². The molecule has 0 aliphatic carbocycles. The summed E-state index contributed by atoms with van der Waals surface area (Å²) in [4.78, 5) is 20.8. The molecule has 1 aromatic heterocycles. The van der Waals surface area contributed by atoms with Gasteiger partial charge in [0.15, 0.2) is 5.69 Å². The predicted octanol–water partition coefficient (Wildman–Crippen LogP) is -0.308. The minimum Gasteiger partial charge on any atom is -0.464 e. The van der Waals surface area contributed by atoms with Crippen molar-refractivity contribution in [3.8, 4) is 0 Å². The molecular formula is C9H13N3O3. The Balaban J connectivity index is 2.87. The van der Waals surface area contributed by atoms with Gasteiger partial charge in [0.25, 0.3) is 0 Å². The average Bonchev–Trinajstić information content (AvgIpc) is 2.28. The van der Waals surface area contributed by atoms with Gasteiger partial charge in [-0.2, -0.15) is 0 Å². The van der Waals surface area contributed by atoms with Gasteiger partial charge in [0.1, 0.15) is 5.82 Å². The molecular weight excluding hydrogens is 198 g/mol. The number of aliphatic hydroxyl groups is 1. The Morgan fingerprint density at radius 1 is 1.60 bits per heavy atom. The molecule has 82 valence electrons. The molecule has 1 heterocycles. The molecule has 6 heteroatoms. The van der Waals surface area contributed by atoms with Crippen LogP contribution < -0.4 is 4.90 Å². The summed E-state index contributed by atoms with van der Waals surface area (Å²) in [5, 5.41) is 8.74. The maximum Gasteiger partial charge on any atom is 0.358 e. The smallest absolute Gasteiger partial charge is 0.358 e. The topological polar surface area (TPSA) is 75.5 Å². The van der Waals surface area contributed by atoms with E-state index in [9.17, 15) is 4.79 Å². The van der Waals surface area contributed by atoms with Gasteiger partial charge in [-0.3, -0.25) is 4.98 Å². The molecule has 15 heavy (non-hydrogen) atoms. The van der Waals surface area contributed by atoms with Gasteiger partial charge in [0, 0.05) is 13.6 Å². The zero-order valence-electron chi connectivity index (χ0n) is 8.67. The fraction of sp³-hybridized carbons (Fsp3) is 0.444. The van der Waals surface area contributed by atoms with Crippen LogP contribution in [0, 0.1) is 0 Å². The number of hydrogen-bond donors (Lipinski definition) is 1. The number of likely N-dealkylation sites (N-methyl/N-ethyl adjacent to an activating group) is 1. The van der Waals surface area contributed by atoms with Crippen molar-refractivity contribution in [1.29, 1.82) is 0 Å². The molecule has 1 N–H and O–H groups in total. The number of carbonyl (C=O) groups excluding carboxylic acids is 1. The molecule has 6 nitrogen and oxygen atoms in total. The summed E-state index contributed by atoms with van der Waals surface area (Å²) in [6.45, 7) is 0.444. The number of ether oxygens (including phenoxy) is 1. The number of rotatable bonds is 4. The third-order valence-electron chi connectivity index (χ3n) is 1.84. The molecule has 0 bridgehead atoms. The van der Waals surface area contributed by atoms with Crippen molar-refractivity contribution in [3.05, 3.63) is 18.1 Å². The van der Waals surface area contributed by atoms with Crippen molar-refractivity contribution in [3.63, 3.8) is 0 Å². The number of aromatic nitrogens is 2. The Labute approximate surface area is 87.5 Å². The lowest BCUT2D eigenvalue weighted by atomic mass is 10.4. The van der Waals surface area contributed by atoms with Crippen molar-refractivity contribution in [2.75, 3.05) is 32.2 Å². The molecule has 0 radical (unpaired) electrons. The fourth-order valence-electron chi connectivity index (χ4n) is 1.01. The summed E-state index contributed by atoms with van der Waals surface area (Å²) < 4.78 is 4.52. The number of carbonyl (C=O) groups is 1. The van der Waals surface area contributed by atoms with E-state index in [2.05, 4.69) is 14.7 Å². The second-order valence-corrected chi connectivity index (χ2v) is 2.90. The number of hydrogen-bond acceptors (Lipinski definition) is 6. The monoisotopic (exact) mass is 211 g/mol. The summed E-state index contributed by atoms with van der Waals surface area (Å²) in [5.74, 6) is -0.00583. The minimum absolute atomic E-state index is 0.0145. The molecule has 0 unspecified atom stereocenters. The summed E-state index contributed by atoms with van der Waals surface area (Å²) >= 11 is 0. The van der Waals surface area contributed by atoms with Gasteiger partial charge in [0.05, 0.1) is 26.1 Å². The second kappa shape index (κ2) is 5.26. The van der Waals surface area contributed by atoms with Crippen LogP contribution in [0.3, 0.4) is 0 Å². The van der Waals surface area contributed by atoms with Crippen LogP contribution in [-0.4, -0.2) is 48.4 Å². The number of methoxy groups -OCH3 is 1. The SMILES string of the molecule is COC(=O)c1cncc(N(C)CCO)n1. The largest absolute Gasteiger partial charge is 0.464 e. The molecule has 0 spiro atoms. The molecule has 1 rings (SSSR count). The van der Waals surface area contributed by atoms with Crippen LogP contribution in [0.2, 0.25) is 0 Å². The van der Waals surface area contributed by atoms with E-state index in [1.165, 1.54) is 19.5 Å². The van der Waals surface area contributed by atoms with Crippen LogP contribution in [0.1, 0.15) is 10.5 Å². The Morgan fingerprint density at radius 2 is 2.33 bits per heavy atom. The molecule has 0 atom stereocenters. The number of aliphatic hydroxyl groups excluding tert-OH is 1. The molecule has 0 fully saturated rings. The first-order valence-electron chi connectivity index (χ1n) is 4.41. The second-order valence-electron chi connectivity index (χ2n) is 2.90. The van der Waals surface area contributed by atoms with Gasteiger partial charge in [-0.1, -0.05) is 0 Å². The molecule has 0 amide bonds. The molecule has 0 saturated carbocycles. The van der Waals surface area contributed by atoms with Crippen LogP contribution >= 0.6 is 0 Å². The highest BCUT2D eigenvalue weighted by atomic mass is 16.5. The Bertz CT molecular complexity index is 343. The predicted molar refractivity (Wildman–Crippen MR) is 53.7 cm³/mol. The normalized spacial score (nSPS) is 9.80. The Hall–Kier alpha value is -1.69. The lowest BCUT2D eigenvalue weighted by Gasteiger charge is -2.16. The Morgan fingerprint density at radius 3 is 2.93 bits per heavy atom. The van der Waals surface area contributed by atoms with Gasteiger partial charge in [-0.05, 0) is 0 Å². The first-order chi connectivity index (χ1) is 7.19. The summed E-state index contributed by atoms with van der Waals surface area (Å²) in [5.41, 5.74) is 0.153. The molecule has 0 aromatic carbocycles. The van der Waals surface area contributed by atoms with E-state index in [1.54, 1.807) is 11.9 Å². The van der Waals surface area contributed by atoms with Gasteiger partial charge < -0.3 is 14.7 Å². The zero-order chi connectivity index (χ0) is 11.3. The highest BCUT2D eigenvalue weighted by molar-refractivity contribution is 5.87. The van der Waals surface area contributed by atoms with Crippen LogP contribution in [0.25, 0.3) is 0 Å². The van der Waals surface area contributed by atoms with Crippen molar-refractivity contribution < 1.29 is 14.6 Å². The van der Waals surface area contributed by atoms with Gasteiger partial charge in [0.2, 0.25) is 0 Å². The summed E-state index contributed by atoms with van der Waals surface area (Å²) in [6.07, 6.45) is 2.85. The first kappa shape index (κ1) is 11.4. The highest BCUT2D eigenvalue weighted by Crippen LogP contribution is 2.07. The van der Waals surface area contributed by atoms with E-state index < -0.39 is 5.97 Å². The lowest BCUT2D eigenvalue weighted by molar-refractivity contribution is 0.0593. The van der Waals surface area contributed by atoms with Gasteiger partial charge in [-0.15, -0.1) is 0 Å². The van der Waals surface area contributed by atoms with Gasteiger partial charge >= 0.3 is 5.97 Å². The standard InChI is InChI=1S/C9H13N3O3/c1-12(3-4-13)8-6-10-5-7(11-8)9(14)15-2/h5-6,13H,3-4H2,1-2H3.